The number of anilines is 1. The lowest BCUT2D eigenvalue weighted by Gasteiger charge is -2.15. The topological polar surface area (TPSA) is 54.0 Å². The molecule has 1 aromatic carbocycles. The van der Waals surface area contributed by atoms with Gasteiger partial charge in [-0.3, -0.25) is 0 Å². The van der Waals surface area contributed by atoms with Crippen LogP contribution in [-0.4, -0.2) is 12.2 Å². The van der Waals surface area contributed by atoms with E-state index in [4.69, 9.17) is 18.1 Å². The third-order valence-electron chi connectivity index (χ3n) is 1.57. The summed E-state index contributed by atoms with van der Waals surface area (Å²) in [6.07, 6.45) is 0. The zero-order chi connectivity index (χ0) is 9.68. The minimum atomic E-state index is 0.341. The molecular formula is C8H10N4S. The minimum Gasteiger partial charge on any atom is -0.319 e. The lowest BCUT2D eigenvalue weighted by atomic mass is 10.3. The molecule has 0 aromatic heterocycles. The SMILES string of the molecule is CN(C(=S)N=NN)c1ccccc1. The Morgan fingerprint density at radius 1 is 1.38 bits per heavy atom. The van der Waals surface area contributed by atoms with Crippen LogP contribution in [0, 0.1) is 0 Å². The van der Waals surface area contributed by atoms with E-state index in [1.807, 2.05) is 37.4 Å². The van der Waals surface area contributed by atoms with Crippen molar-refractivity contribution in [2.24, 2.45) is 16.2 Å². The molecule has 0 saturated carbocycles. The van der Waals surface area contributed by atoms with Crippen molar-refractivity contribution in [2.45, 2.75) is 0 Å². The highest BCUT2D eigenvalue weighted by Gasteiger charge is 2.03. The summed E-state index contributed by atoms with van der Waals surface area (Å²) >= 11 is 4.94. The normalized spacial score (nSPS) is 10.2. The van der Waals surface area contributed by atoms with E-state index >= 15 is 0 Å². The lowest BCUT2D eigenvalue weighted by molar-refractivity contribution is 1.07. The van der Waals surface area contributed by atoms with Gasteiger partial charge in [-0.15, -0.1) is 5.11 Å². The number of para-hydroxylation sites is 1. The number of rotatable bonds is 1. The molecule has 0 heterocycles. The maximum atomic E-state index is 4.94. The van der Waals surface area contributed by atoms with Gasteiger partial charge in [-0.2, -0.15) is 0 Å². The fourth-order valence-corrected chi connectivity index (χ4v) is 1.03. The number of nitrogens with two attached hydrogens (primary N) is 1. The maximum Gasteiger partial charge on any atom is 0.222 e. The molecule has 0 aliphatic rings. The summed E-state index contributed by atoms with van der Waals surface area (Å²) in [5.74, 6) is 4.89. The van der Waals surface area contributed by atoms with Gasteiger partial charge in [0.05, 0.1) is 0 Å². The highest BCUT2D eigenvalue weighted by atomic mass is 32.1. The average Bonchev–Trinajstić information content (AvgIpc) is 2.18. The van der Waals surface area contributed by atoms with Crippen LogP contribution in [0.15, 0.2) is 40.7 Å². The molecule has 2 N–H and O–H groups in total. The molecule has 0 spiro atoms. The number of nitrogens with zero attached hydrogens (tertiary/aromatic N) is 3. The molecule has 1 aromatic rings. The van der Waals surface area contributed by atoms with Gasteiger partial charge in [0.15, 0.2) is 0 Å². The van der Waals surface area contributed by atoms with E-state index in [0.29, 0.717) is 5.11 Å². The quantitative estimate of drug-likeness (QED) is 0.320. The summed E-state index contributed by atoms with van der Waals surface area (Å²) in [7, 11) is 1.81. The lowest BCUT2D eigenvalue weighted by Crippen LogP contribution is -2.22. The molecule has 0 aliphatic heterocycles. The summed E-state index contributed by atoms with van der Waals surface area (Å²) < 4.78 is 0. The summed E-state index contributed by atoms with van der Waals surface area (Å²) in [5.41, 5.74) is 0.958. The largest absolute Gasteiger partial charge is 0.319 e. The number of hydrogen-bond donors (Lipinski definition) is 1. The van der Waals surface area contributed by atoms with Gasteiger partial charge in [0.2, 0.25) is 5.11 Å². The van der Waals surface area contributed by atoms with E-state index in [0.717, 1.165) is 5.69 Å². The fraction of sp³-hybridized carbons (Fsp3) is 0.125. The summed E-state index contributed by atoms with van der Waals surface area (Å²) in [6, 6.07) is 9.64. The fourth-order valence-electron chi connectivity index (χ4n) is 0.879. The van der Waals surface area contributed by atoms with Crippen LogP contribution in [-0.2, 0) is 0 Å². The van der Waals surface area contributed by atoms with E-state index in [1.54, 1.807) is 4.90 Å². The van der Waals surface area contributed by atoms with Crippen molar-refractivity contribution in [2.75, 3.05) is 11.9 Å². The Kier molecular flexibility index (Phi) is 3.33. The Bertz CT molecular complexity index is 309. The zero-order valence-corrected chi connectivity index (χ0v) is 8.03. The first-order chi connectivity index (χ1) is 6.25. The number of thiocarbonyl (C=S) groups is 1. The van der Waals surface area contributed by atoms with Crippen molar-refractivity contribution < 1.29 is 0 Å². The molecule has 0 radical (unpaired) electrons. The Labute approximate surface area is 82.0 Å². The predicted molar refractivity (Wildman–Crippen MR) is 56.5 cm³/mol. The van der Waals surface area contributed by atoms with Crippen LogP contribution in [0.1, 0.15) is 0 Å². The number of benzene rings is 1. The highest BCUT2D eigenvalue weighted by molar-refractivity contribution is 7.80. The van der Waals surface area contributed by atoms with Crippen molar-refractivity contribution >= 4 is 23.0 Å². The van der Waals surface area contributed by atoms with Crippen molar-refractivity contribution in [3.63, 3.8) is 0 Å². The van der Waals surface area contributed by atoms with Gasteiger partial charge < -0.3 is 10.7 Å². The second-order valence-corrected chi connectivity index (χ2v) is 2.76. The van der Waals surface area contributed by atoms with Gasteiger partial charge in [-0.1, -0.05) is 23.4 Å². The second kappa shape index (κ2) is 4.51. The summed E-state index contributed by atoms with van der Waals surface area (Å²) in [4.78, 5) is 1.73. The van der Waals surface area contributed by atoms with Crippen LogP contribution < -0.4 is 10.7 Å². The Balaban J connectivity index is 2.79. The molecule has 0 fully saturated rings. The molecule has 1 rings (SSSR count). The monoisotopic (exact) mass is 194 g/mol. The maximum absolute atomic E-state index is 4.94. The molecule has 0 bridgehead atoms. The third kappa shape index (κ3) is 2.48. The van der Waals surface area contributed by atoms with Gasteiger partial charge in [-0.05, 0) is 24.4 Å². The van der Waals surface area contributed by atoms with E-state index in [9.17, 15) is 0 Å². The van der Waals surface area contributed by atoms with Crippen molar-refractivity contribution in [3.05, 3.63) is 30.3 Å². The van der Waals surface area contributed by atoms with Crippen LogP contribution in [0.3, 0.4) is 0 Å². The van der Waals surface area contributed by atoms with Crippen LogP contribution in [0.25, 0.3) is 0 Å². The van der Waals surface area contributed by atoms with E-state index in [1.165, 1.54) is 0 Å². The molecule has 0 unspecified atom stereocenters. The van der Waals surface area contributed by atoms with Gasteiger partial charge >= 0.3 is 0 Å². The molecule has 0 aliphatic carbocycles. The second-order valence-electron chi connectivity index (χ2n) is 2.39. The van der Waals surface area contributed by atoms with E-state index < -0.39 is 0 Å². The van der Waals surface area contributed by atoms with Crippen LogP contribution >= 0.6 is 12.2 Å². The highest BCUT2D eigenvalue weighted by Crippen LogP contribution is 2.11. The minimum absolute atomic E-state index is 0.341. The Morgan fingerprint density at radius 2 is 2.00 bits per heavy atom. The van der Waals surface area contributed by atoms with Crippen molar-refractivity contribution in [1.29, 1.82) is 0 Å². The zero-order valence-electron chi connectivity index (χ0n) is 7.21. The van der Waals surface area contributed by atoms with Gasteiger partial charge in [-0.25, -0.2) is 0 Å². The van der Waals surface area contributed by atoms with Gasteiger partial charge in [0.25, 0.3) is 0 Å². The van der Waals surface area contributed by atoms with Crippen molar-refractivity contribution in [1.82, 2.24) is 0 Å². The van der Waals surface area contributed by atoms with Gasteiger partial charge in [0.1, 0.15) is 0 Å². The van der Waals surface area contributed by atoms with E-state index in [2.05, 4.69) is 10.3 Å². The van der Waals surface area contributed by atoms with Gasteiger partial charge in [0, 0.05) is 12.7 Å². The first kappa shape index (κ1) is 9.60. The molecule has 5 heteroatoms. The Morgan fingerprint density at radius 3 is 2.54 bits per heavy atom. The first-order valence-electron chi connectivity index (χ1n) is 3.69. The predicted octanol–water partition coefficient (Wildman–Crippen LogP) is 1.73. The molecule has 68 valence electrons. The smallest absolute Gasteiger partial charge is 0.222 e. The standard InChI is InChI=1S/C8H10N4S/c1-12(8(13)10-11-9)7-5-3-2-4-6-7/h2-6H,1H3,(H2,9,10,13). The molecule has 0 saturated heterocycles. The summed E-state index contributed by atoms with van der Waals surface area (Å²) in [5, 5.41) is 7.03. The Hall–Kier alpha value is -1.49. The first-order valence-corrected chi connectivity index (χ1v) is 4.10. The molecule has 0 amide bonds. The van der Waals surface area contributed by atoms with Crippen LogP contribution in [0.5, 0.6) is 0 Å². The summed E-state index contributed by atoms with van der Waals surface area (Å²) in [6.45, 7) is 0. The van der Waals surface area contributed by atoms with Crippen LogP contribution in [0.4, 0.5) is 5.69 Å². The molecule has 4 nitrogen and oxygen atoms in total. The third-order valence-corrected chi connectivity index (χ3v) is 1.93. The molecule has 13 heavy (non-hydrogen) atoms. The van der Waals surface area contributed by atoms with Crippen molar-refractivity contribution in [3.8, 4) is 0 Å². The molecule has 0 atom stereocenters. The average molecular weight is 194 g/mol. The molecular weight excluding hydrogens is 184 g/mol. The van der Waals surface area contributed by atoms with Crippen LogP contribution in [0.2, 0.25) is 0 Å². The number of hydrogen-bond acceptors (Lipinski definition) is 2. The van der Waals surface area contributed by atoms with E-state index in [-0.39, 0.29) is 0 Å².